The second-order valence-electron chi connectivity index (χ2n) is 3.57. The smallest absolute Gasteiger partial charge is 0.224 e. The molecule has 76 valence electrons. The summed E-state index contributed by atoms with van der Waals surface area (Å²) in [5, 5.41) is 10.3. The van der Waals surface area contributed by atoms with Crippen LogP contribution in [-0.2, 0) is 11.2 Å². The van der Waals surface area contributed by atoms with Crippen LogP contribution in [0.1, 0.15) is 12.0 Å². The molecular formula is C10H14N2OS. The first-order valence-electron chi connectivity index (χ1n) is 4.86. The first-order chi connectivity index (χ1) is 6.84. The quantitative estimate of drug-likeness (QED) is 0.773. The Labute approximate surface area is 87.5 Å². The lowest BCUT2D eigenvalue weighted by molar-refractivity contribution is -0.121. The standard InChI is InChI=1S/C10H14N2OS/c13-10(5-8-2-4-14-7-8)12-9-1-3-11-6-9/h2,4,7,9,11H,1,3,5-6H2,(H,12,13)/t9-/m0/s1. The van der Waals surface area contributed by atoms with Gasteiger partial charge in [-0.1, -0.05) is 0 Å². The molecule has 1 aliphatic heterocycles. The van der Waals surface area contributed by atoms with Crippen LogP contribution in [0.25, 0.3) is 0 Å². The predicted molar refractivity (Wildman–Crippen MR) is 57.4 cm³/mol. The number of amides is 1. The van der Waals surface area contributed by atoms with Gasteiger partial charge >= 0.3 is 0 Å². The van der Waals surface area contributed by atoms with Crippen LogP contribution in [0.4, 0.5) is 0 Å². The third kappa shape index (κ3) is 2.56. The Morgan fingerprint density at radius 1 is 1.71 bits per heavy atom. The number of carbonyl (C=O) groups excluding carboxylic acids is 1. The topological polar surface area (TPSA) is 41.1 Å². The van der Waals surface area contributed by atoms with Crippen molar-refractivity contribution in [2.24, 2.45) is 0 Å². The van der Waals surface area contributed by atoms with Crippen LogP contribution in [0.5, 0.6) is 0 Å². The highest BCUT2D eigenvalue weighted by Gasteiger charge is 2.16. The molecule has 1 atom stereocenters. The summed E-state index contributed by atoms with van der Waals surface area (Å²) in [5.74, 6) is 0.136. The van der Waals surface area contributed by atoms with Gasteiger partial charge in [0.15, 0.2) is 0 Å². The molecule has 4 heteroatoms. The second kappa shape index (κ2) is 4.57. The molecule has 0 aromatic carbocycles. The molecule has 1 saturated heterocycles. The van der Waals surface area contributed by atoms with E-state index >= 15 is 0 Å². The number of hydrogen-bond acceptors (Lipinski definition) is 3. The summed E-state index contributed by atoms with van der Waals surface area (Å²) in [4.78, 5) is 11.5. The van der Waals surface area contributed by atoms with Gasteiger partial charge in [-0.25, -0.2) is 0 Å². The fourth-order valence-electron chi connectivity index (χ4n) is 1.64. The van der Waals surface area contributed by atoms with Crippen molar-refractivity contribution >= 4 is 17.2 Å². The Morgan fingerprint density at radius 2 is 2.64 bits per heavy atom. The molecule has 2 rings (SSSR count). The van der Waals surface area contributed by atoms with E-state index in [0.29, 0.717) is 12.5 Å². The van der Waals surface area contributed by atoms with Crippen molar-refractivity contribution in [1.29, 1.82) is 0 Å². The van der Waals surface area contributed by atoms with Gasteiger partial charge in [-0.3, -0.25) is 4.79 Å². The lowest BCUT2D eigenvalue weighted by atomic mass is 10.2. The maximum Gasteiger partial charge on any atom is 0.224 e. The van der Waals surface area contributed by atoms with Crippen molar-refractivity contribution in [3.05, 3.63) is 22.4 Å². The van der Waals surface area contributed by atoms with E-state index in [1.54, 1.807) is 11.3 Å². The van der Waals surface area contributed by atoms with Crippen LogP contribution < -0.4 is 10.6 Å². The maximum atomic E-state index is 11.5. The van der Waals surface area contributed by atoms with Gasteiger partial charge in [-0.05, 0) is 35.4 Å². The van der Waals surface area contributed by atoms with Crippen LogP contribution >= 0.6 is 11.3 Å². The Morgan fingerprint density at radius 3 is 3.29 bits per heavy atom. The Kier molecular flexibility index (Phi) is 3.16. The molecule has 1 aromatic rings. The third-order valence-corrected chi connectivity index (χ3v) is 3.10. The molecule has 1 aliphatic rings. The number of thiophene rings is 1. The maximum absolute atomic E-state index is 11.5. The largest absolute Gasteiger partial charge is 0.352 e. The lowest BCUT2D eigenvalue weighted by Gasteiger charge is -2.10. The second-order valence-corrected chi connectivity index (χ2v) is 4.35. The zero-order chi connectivity index (χ0) is 9.80. The van der Waals surface area contributed by atoms with Gasteiger partial charge in [0.1, 0.15) is 0 Å². The molecule has 3 nitrogen and oxygen atoms in total. The number of rotatable bonds is 3. The van der Waals surface area contributed by atoms with Crippen molar-refractivity contribution in [3.8, 4) is 0 Å². The average molecular weight is 210 g/mol. The van der Waals surface area contributed by atoms with Gasteiger partial charge in [0.25, 0.3) is 0 Å². The van der Waals surface area contributed by atoms with E-state index in [9.17, 15) is 4.79 Å². The molecule has 0 radical (unpaired) electrons. The summed E-state index contributed by atoms with van der Waals surface area (Å²) >= 11 is 1.63. The van der Waals surface area contributed by atoms with Gasteiger partial charge in [-0.2, -0.15) is 11.3 Å². The molecule has 0 unspecified atom stereocenters. The third-order valence-electron chi connectivity index (χ3n) is 2.37. The van der Waals surface area contributed by atoms with Crippen molar-refractivity contribution < 1.29 is 4.79 Å². The molecule has 0 spiro atoms. The van der Waals surface area contributed by atoms with E-state index < -0.39 is 0 Å². The monoisotopic (exact) mass is 210 g/mol. The van der Waals surface area contributed by atoms with Crippen LogP contribution in [0.2, 0.25) is 0 Å². The highest BCUT2D eigenvalue weighted by Crippen LogP contribution is 2.07. The molecule has 1 amide bonds. The first kappa shape index (κ1) is 9.68. The van der Waals surface area contributed by atoms with Crippen molar-refractivity contribution in [2.45, 2.75) is 18.9 Å². The fraction of sp³-hybridized carbons (Fsp3) is 0.500. The first-order valence-corrected chi connectivity index (χ1v) is 5.80. The molecule has 1 fully saturated rings. The van der Waals surface area contributed by atoms with Gasteiger partial charge in [0.05, 0.1) is 6.42 Å². The zero-order valence-electron chi connectivity index (χ0n) is 7.95. The van der Waals surface area contributed by atoms with E-state index in [4.69, 9.17) is 0 Å². The zero-order valence-corrected chi connectivity index (χ0v) is 8.77. The van der Waals surface area contributed by atoms with Gasteiger partial charge in [0.2, 0.25) is 5.91 Å². The SMILES string of the molecule is O=C(Cc1ccsc1)N[C@H]1CCNC1. The van der Waals surface area contributed by atoms with Gasteiger partial charge in [0, 0.05) is 12.6 Å². The Hall–Kier alpha value is -0.870. The van der Waals surface area contributed by atoms with Crippen molar-refractivity contribution in [2.75, 3.05) is 13.1 Å². The van der Waals surface area contributed by atoms with Crippen molar-refractivity contribution in [1.82, 2.24) is 10.6 Å². The molecule has 2 N–H and O–H groups in total. The summed E-state index contributed by atoms with van der Waals surface area (Å²) < 4.78 is 0. The minimum atomic E-state index is 0.136. The van der Waals surface area contributed by atoms with Gasteiger partial charge in [-0.15, -0.1) is 0 Å². The number of carbonyl (C=O) groups is 1. The van der Waals surface area contributed by atoms with E-state index in [1.807, 2.05) is 16.8 Å². The van der Waals surface area contributed by atoms with Crippen LogP contribution in [0, 0.1) is 0 Å². The van der Waals surface area contributed by atoms with Crippen LogP contribution in [0.15, 0.2) is 16.8 Å². The van der Waals surface area contributed by atoms with Crippen LogP contribution in [0.3, 0.4) is 0 Å². The highest BCUT2D eigenvalue weighted by atomic mass is 32.1. The fourth-order valence-corrected chi connectivity index (χ4v) is 2.30. The molecule has 14 heavy (non-hydrogen) atoms. The number of hydrogen-bond donors (Lipinski definition) is 2. The molecule has 0 bridgehead atoms. The molecule has 0 saturated carbocycles. The minimum Gasteiger partial charge on any atom is -0.352 e. The molecule has 2 heterocycles. The normalized spacial score (nSPS) is 21.0. The van der Waals surface area contributed by atoms with Gasteiger partial charge < -0.3 is 10.6 Å². The van der Waals surface area contributed by atoms with E-state index in [1.165, 1.54) is 0 Å². The van der Waals surface area contributed by atoms with E-state index in [0.717, 1.165) is 25.1 Å². The minimum absolute atomic E-state index is 0.136. The van der Waals surface area contributed by atoms with E-state index in [2.05, 4.69) is 10.6 Å². The summed E-state index contributed by atoms with van der Waals surface area (Å²) in [5.41, 5.74) is 1.11. The summed E-state index contributed by atoms with van der Waals surface area (Å²) in [6.45, 7) is 1.93. The summed E-state index contributed by atoms with van der Waals surface area (Å²) in [6, 6.07) is 2.33. The number of nitrogens with one attached hydrogen (secondary N) is 2. The van der Waals surface area contributed by atoms with Crippen molar-refractivity contribution in [3.63, 3.8) is 0 Å². The van der Waals surface area contributed by atoms with E-state index in [-0.39, 0.29) is 5.91 Å². The summed E-state index contributed by atoms with van der Waals surface area (Å²) in [6.07, 6.45) is 1.56. The average Bonchev–Trinajstić information content (AvgIpc) is 2.76. The Bertz CT molecular complexity index is 291. The Balaban J connectivity index is 1.78. The predicted octanol–water partition coefficient (Wildman–Crippen LogP) is 0.769. The summed E-state index contributed by atoms with van der Waals surface area (Å²) in [7, 11) is 0. The molecule has 0 aliphatic carbocycles. The molecular weight excluding hydrogens is 196 g/mol. The van der Waals surface area contributed by atoms with Crippen LogP contribution in [-0.4, -0.2) is 25.0 Å². The molecule has 1 aromatic heterocycles. The lowest BCUT2D eigenvalue weighted by Crippen LogP contribution is -2.37. The highest BCUT2D eigenvalue weighted by molar-refractivity contribution is 7.07.